The summed E-state index contributed by atoms with van der Waals surface area (Å²) in [6.07, 6.45) is 0. The lowest BCUT2D eigenvalue weighted by Gasteiger charge is -2.16. The average molecular weight is 350 g/mol. The molecule has 0 aliphatic rings. The zero-order valence-corrected chi connectivity index (χ0v) is 15.4. The van der Waals surface area contributed by atoms with Crippen molar-refractivity contribution in [2.45, 2.75) is 20.1 Å². The third-order valence-electron chi connectivity index (χ3n) is 3.87. The highest BCUT2D eigenvalue weighted by Gasteiger charge is 2.05. The molecule has 0 amide bonds. The molecule has 0 heterocycles. The van der Waals surface area contributed by atoms with Gasteiger partial charge in [-0.1, -0.05) is 49.4 Å². The second-order valence-electron chi connectivity index (χ2n) is 6.22. The SMILES string of the molecule is CN=C(NCc1cccc(C#N)c1)NCC(C)COCc1ccccc1. The summed E-state index contributed by atoms with van der Waals surface area (Å²) in [5, 5.41) is 15.5. The molecular weight excluding hydrogens is 324 g/mol. The molecule has 2 aromatic rings. The number of hydrogen-bond acceptors (Lipinski definition) is 3. The van der Waals surface area contributed by atoms with Crippen molar-refractivity contribution in [2.75, 3.05) is 20.2 Å². The van der Waals surface area contributed by atoms with Crippen LogP contribution in [0, 0.1) is 17.2 Å². The highest BCUT2D eigenvalue weighted by atomic mass is 16.5. The molecule has 0 saturated heterocycles. The Labute approximate surface area is 155 Å². The maximum atomic E-state index is 8.96. The molecule has 2 rings (SSSR count). The maximum absolute atomic E-state index is 8.96. The minimum absolute atomic E-state index is 0.360. The van der Waals surface area contributed by atoms with Crippen molar-refractivity contribution < 1.29 is 4.74 Å². The number of ether oxygens (including phenoxy) is 1. The minimum Gasteiger partial charge on any atom is -0.376 e. The van der Waals surface area contributed by atoms with Gasteiger partial charge in [-0.25, -0.2) is 0 Å². The van der Waals surface area contributed by atoms with Gasteiger partial charge in [-0.2, -0.15) is 5.26 Å². The van der Waals surface area contributed by atoms with Gasteiger partial charge in [0, 0.05) is 20.1 Å². The molecule has 2 N–H and O–H groups in total. The Hall–Kier alpha value is -2.84. The van der Waals surface area contributed by atoms with Gasteiger partial charge in [0.05, 0.1) is 24.8 Å². The predicted molar refractivity (Wildman–Crippen MR) is 105 cm³/mol. The lowest BCUT2D eigenvalue weighted by atomic mass is 10.1. The van der Waals surface area contributed by atoms with Gasteiger partial charge >= 0.3 is 0 Å². The Kier molecular flexibility index (Phi) is 8.17. The molecule has 0 saturated carbocycles. The van der Waals surface area contributed by atoms with Crippen molar-refractivity contribution >= 4 is 5.96 Å². The van der Waals surface area contributed by atoms with Crippen LogP contribution in [-0.2, 0) is 17.9 Å². The van der Waals surface area contributed by atoms with E-state index in [1.165, 1.54) is 5.56 Å². The van der Waals surface area contributed by atoms with Gasteiger partial charge in [0.2, 0.25) is 0 Å². The summed E-state index contributed by atoms with van der Waals surface area (Å²) in [5.74, 6) is 1.10. The first-order valence-electron chi connectivity index (χ1n) is 8.76. The number of benzene rings is 2. The summed E-state index contributed by atoms with van der Waals surface area (Å²) in [6.45, 7) is 4.85. The first-order valence-corrected chi connectivity index (χ1v) is 8.76. The van der Waals surface area contributed by atoms with Crippen LogP contribution < -0.4 is 10.6 Å². The Morgan fingerprint density at radius 2 is 1.88 bits per heavy atom. The van der Waals surface area contributed by atoms with Crippen molar-refractivity contribution in [3.63, 3.8) is 0 Å². The summed E-state index contributed by atoms with van der Waals surface area (Å²) >= 11 is 0. The van der Waals surface area contributed by atoms with Gasteiger partial charge in [-0.05, 0) is 29.2 Å². The maximum Gasteiger partial charge on any atom is 0.191 e. The number of nitrogens with one attached hydrogen (secondary N) is 2. The Balaban J connectivity index is 1.68. The van der Waals surface area contributed by atoms with Crippen LogP contribution in [0.2, 0.25) is 0 Å². The number of hydrogen-bond donors (Lipinski definition) is 2. The molecule has 0 spiro atoms. The summed E-state index contributed by atoms with van der Waals surface area (Å²) < 4.78 is 5.77. The standard InChI is InChI=1S/C21H26N4O/c1-17(15-26-16-18-7-4-3-5-8-18)13-24-21(23-2)25-14-20-10-6-9-19(11-20)12-22/h3-11,17H,13-16H2,1-2H3,(H2,23,24,25). The van der Waals surface area contributed by atoms with Crippen LogP contribution in [0.25, 0.3) is 0 Å². The van der Waals surface area contributed by atoms with E-state index in [2.05, 4.69) is 40.8 Å². The minimum atomic E-state index is 0.360. The molecule has 26 heavy (non-hydrogen) atoms. The van der Waals surface area contributed by atoms with E-state index in [-0.39, 0.29) is 0 Å². The van der Waals surface area contributed by atoms with Crippen LogP contribution >= 0.6 is 0 Å². The molecule has 0 aromatic heterocycles. The molecule has 0 bridgehead atoms. The number of guanidine groups is 1. The number of aliphatic imine (C=N–C) groups is 1. The van der Waals surface area contributed by atoms with Crippen LogP contribution in [0.5, 0.6) is 0 Å². The molecule has 1 unspecified atom stereocenters. The second kappa shape index (κ2) is 10.9. The second-order valence-corrected chi connectivity index (χ2v) is 6.22. The summed E-state index contributed by atoms with van der Waals surface area (Å²) in [6, 6.07) is 19.9. The van der Waals surface area contributed by atoms with Crippen LogP contribution in [0.3, 0.4) is 0 Å². The Morgan fingerprint density at radius 1 is 1.12 bits per heavy atom. The van der Waals surface area contributed by atoms with E-state index in [9.17, 15) is 0 Å². The Bertz CT molecular complexity index is 737. The van der Waals surface area contributed by atoms with E-state index in [0.717, 1.165) is 18.1 Å². The normalized spacial score (nSPS) is 12.3. The van der Waals surface area contributed by atoms with E-state index < -0.39 is 0 Å². The number of nitriles is 1. The van der Waals surface area contributed by atoms with Crippen LogP contribution in [0.15, 0.2) is 59.6 Å². The fourth-order valence-electron chi connectivity index (χ4n) is 2.44. The fraction of sp³-hybridized carbons (Fsp3) is 0.333. The van der Waals surface area contributed by atoms with Crippen molar-refractivity contribution in [1.82, 2.24) is 10.6 Å². The fourth-order valence-corrected chi connectivity index (χ4v) is 2.44. The van der Waals surface area contributed by atoms with Gasteiger partial charge < -0.3 is 15.4 Å². The first kappa shape index (κ1) is 19.5. The van der Waals surface area contributed by atoms with Crippen LogP contribution in [0.4, 0.5) is 0 Å². The molecule has 0 fully saturated rings. The molecule has 2 aromatic carbocycles. The topological polar surface area (TPSA) is 69.4 Å². The monoisotopic (exact) mass is 350 g/mol. The van der Waals surface area contributed by atoms with E-state index in [0.29, 0.717) is 31.2 Å². The summed E-state index contributed by atoms with van der Waals surface area (Å²) in [7, 11) is 1.75. The highest BCUT2D eigenvalue weighted by Crippen LogP contribution is 2.04. The molecule has 1 atom stereocenters. The average Bonchev–Trinajstić information content (AvgIpc) is 2.69. The zero-order chi connectivity index (χ0) is 18.6. The van der Waals surface area contributed by atoms with Crippen LogP contribution in [-0.4, -0.2) is 26.2 Å². The summed E-state index contributed by atoms with van der Waals surface area (Å²) in [5.41, 5.74) is 2.90. The molecule has 0 aliphatic heterocycles. The number of nitrogens with zero attached hydrogens (tertiary/aromatic N) is 2. The van der Waals surface area contributed by atoms with Crippen molar-refractivity contribution in [1.29, 1.82) is 5.26 Å². The highest BCUT2D eigenvalue weighted by molar-refractivity contribution is 5.79. The van der Waals surface area contributed by atoms with Gasteiger partial charge in [0.15, 0.2) is 5.96 Å². The lowest BCUT2D eigenvalue weighted by Crippen LogP contribution is -2.39. The van der Waals surface area contributed by atoms with Crippen molar-refractivity contribution in [3.05, 3.63) is 71.3 Å². The van der Waals surface area contributed by atoms with Gasteiger partial charge in [0.25, 0.3) is 0 Å². The van der Waals surface area contributed by atoms with Gasteiger partial charge in [-0.3, -0.25) is 4.99 Å². The molecule has 5 heteroatoms. The third kappa shape index (κ3) is 6.96. The van der Waals surface area contributed by atoms with E-state index in [1.54, 1.807) is 13.1 Å². The molecular formula is C21H26N4O. The van der Waals surface area contributed by atoms with Crippen molar-refractivity contribution in [2.24, 2.45) is 10.9 Å². The molecule has 0 radical (unpaired) electrons. The molecule has 0 aliphatic carbocycles. The third-order valence-corrected chi connectivity index (χ3v) is 3.87. The largest absolute Gasteiger partial charge is 0.376 e. The quantitative estimate of drug-likeness (QED) is 0.567. The zero-order valence-electron chi connectivity index (χ0n) is 15.4. The van der Waals surface area contributed by atoms with Crippen LogP contribution in [0.1, 0.15) is 23.6 Å². The predicted octanol–water partition coefficient (Wildman–Crippen LogP) is 3.08. The molecule has 5 nitrogen and oxygen atoms in total. The van der Waals surface area contributed by atoms with E-state index in [1.807, 2.05) is 36.4 Å². The van der Waals surface area contributed by atoms with Gasteiger partial charge in [-0.15, -0.1) is 0 Å². The lowest BCUT2D eigenvalue weighted by molar-refractivity contribution is 0.0931. The van der Waals surface area contributed by atoms with Gasteiger partial charge in [0.1, 0.15) is 0 Å². The summed E-state index contributed by atoms with van der Waals surface area (Å²) in [4.78, 5) is 4.23. The number of rotatable bonds is 8. The van der Waals surface area contributed by atoms with Crippen molar-refractivity contribution in [3.8, 4) is 6.07 Å². The first-order chi connectivity index (χ1) is 12.7. The van der Waals surface area contributed by atoms with E-state index >= 15 is 0 Å². The Morgan fingerprint density at radius 3 is 2.62 bits per heavy atom. The molecule has 136 valence electrons. The smallest absolute Gasteiger partial charge is 0.191 e. The van der Waals surface area contributed by atoms with E-state index in [4.69, 9.17) is 10.00 Å².